The van der Waals surface area contributed by atoms with E-state index in [4.69, 9.17) is 39.5 Å². The van der Waals surface area contributed by atoms with Crippen LogP contribution in [-0.2, 0) is 0 Å². The van der Waals surface area contributed by atoms with Gasteiger partial charge in [0, 0.05) is 16.0 Å². The zero-order valence-corrected chi connectivity index (χ0v) is 15.5. The Bertz CT molecular complexity index is 608. The molecule has 2 aromatic rings. The van der Waals surface area contributed by atoms with Crippen LogP contribution in [0.2, 0.25) is 10.0 Å². The molecule has 0 spiro atoms. The lowest BCUT2D eigenvalue weighted by Gasteiger charge is -2.13. The first-order valence-corrected chi connectivity index (χ1v) is 8.75. The Labute approximate surface area is 145 Å². The van der Waals surface area contributed by atoms with Crippen molar-refractivity contribution in [3.05, 3.63) is 48.0 Å². The Morgan fingerprint density at radius 1 is 1.25 bits per heavy atom. The van der Waals surface area contributed by atoms with Gasteiger partial charge in [0.1, 0.15) is 5.75 Å². The molecule has 0 saturated carbocycles. The van der Waals surface area contributed by atoms with Crippen LogP contribution in [0.1, 0.15) is 28.3 Å². The van der Waals surface area contributed by atoms with Crippen LogP contribution < -0.4 is 4.74 Å². The number of hydrogen-bond acceptors (Lipinski definition) is 2. The molecule has 108 valence electrons. The van der Waals surface area contributed by atoms with Gasteiger partial charge in [-0.2, -0.15) is 0 Å². The van der Waals surface area contributed by atoms with Crippen LogP contribution in [-0.4, -0.2) is 6.61 Å². The molecular weight excluding hydrogens is 402 g/mol. The van der Waals surface area contributed by atoms with Crippen LogP contribution in [0.25, 0.3) is 0 Å². The molecule has 1 aromatic heterocycles. The highest BCUT2D eigenvalue weighted by Gasteiger charge is 2.19. The number of thiophene rings is 1. The summed E-state index contributed by atoms with van der Waals surface area (Å²) in [6.07, 6.45) is 0. The second-order valence-electron chi connectivity index (χ2n) is 4.21. The van der Waals surface area contributed by atoms with E-state index in [9.17, 15) is 0 Å². The number of halogens is 4. The second kappa shape index (κ2) is 6.89. The third kappa shape index (κ3) is 3.45. The average Bonchev–Trinajstić information content (AvgIpc) is 2.73. The van der Waals surface area contributed by atoms with Gasteiger partial charge in [-0.15, -0.1) is 22.9 Å². The van der Waals surface area contributed by atoms with Gasteiger partial charge in [0.25, 0.3) is 0 Å². The highest BCUT2D eigenvalue weighted by atomic mass is 79.9. The SMILES string of the molecule is CCOc1cc(Cl)c(C(Cl)c2cc(C)c(Br)s2)cc1Cl. The second-order valence-corrected chi connectivity index (χ2v) is 7.86. The smallest absolute Gasteiger partial charge is 0.139 e. The highest BCUT2D eigenvalue weighted by molar-refractivity contribution is 9.11. The lowest BCUT2D eigenvalue weighted by molar-refractivity contribution is 0.340. The third-order valence-electron chi connectivity index (χ3n) is 2.75. The fourth-order valence-corrected chi connectivity index (χ4v) is 4.26. The standard InChI is InChI=1S/C14H12BrCl3OS/c1-3-19-11-6-9(16)8(5-10(11)17)13(18)12-4-7(2)14(15)20-12/h4-6,13H,3H2,1-2H3. The number of ether oxygens (including phenoxy) is 1. The van der Waals surface area contributed by atoms with E-state index in [0.717, 1.165) is 19.8 Å². The molecule has 20 heavy (non-hydrogen) atoms. The molecule has 1 heterocycles. The van der Waals surface area contributed by atoms with E-state index in [2.05, 4.69) is 15.9 Å². The van der Waals surface area contributed by atoms with Gasteiger partial charge in [-0.25, -0.2) is 0 Å². The largest absolute Gasteiger partial charge is 0.492 e. The first-order valence-electron chi connectivity index (χ1n) is 5.95. The van der Waals surface area contributed by atoms with E-state index in [0.29, 0.717) is 22.4 Å². The molecule has 1 nitrogen and oxygen atoms in total. The summed E-state index contributed by atoms with van der Waals surface area (Å²) < 4.78 is 6.49. The number of rotatable bonds is 4. The maximum atomic E-state index is 6.53. The predicted octanol–water partition coefficient (Wildman–Crippen LogP) is 6.85. The lowest BCUT2D eigenvalue weighted by atomic mass is 10.1. The molecule has 0 bridgehead atoms. The maximum Gasteiger partial charge on any atom is 0.139 e. The van der Waals surface area contributed by atoms with Crippen molar-refractivity contribution < 1.29 is 4.74 Å². The Hall–Kier alpha value is 0.0700. The lowest BCUT2D eigenvalue weighted by Crippen LogP contribution is -1.96. The number of alkyl halides is 1. The normalized spacial score (nSPS) is 12.5. The summed E-state index contributed by atoms with van der Waals surface area (Å²) in [6, 6.07) is 5.54. The van der Waals surface area contributed by atoms with E-state index >= 15 is 0 Å². The quantitative estimate of drug-likeness (QED) is 0.497. The summed E-state index contributed by atoms with van der Waals surface area (Å²) in [7, 11) is 0. The Kier molecular flexibility index (Phi) is 5.66. The molecule has 6 heteroatoms. The van der Waals surface area contributed by atoms with E-state index in [-0.39, 0.29) is 5.38 Å². The molecule has 0 aliphatic rings. The molecule has 0 amide bonds. The van der Waals surface area contributed by atoms with Gasteiger partial charge in [0.05, 0.1) is 20.8 Å². The Morgan fingerprint density at radius 3 is 2.50 bits per heavy atom. The van der Waals surface area contributed by atoms with Crippen molar-refractivity contribution in [3.63, 3.8) is 0 Å². The van der Waals surface area contributed by atoms with Gasteiger partial charge in [-0.1, -0.05) is 23.2 Å². The zero-order valence-electron chi connectivity index (χ0n) is 10.8. The van der Waals surface area contributed by atoms with Crippen LogP contribution in [0.15, 0.2) is 22.0 Å². The Balaban J connectivity index is 2.39. The molecule has 0 N–H and O–H groups in total. The molecule has 0 saturated heterocycles. The summed E-state index contributed by atoms with van der Waals surface area (Å²) >= 11 is 24.1. The molecule has 1 unspecified atom stereocenters. The van der Waals surface area contributed by atoms with E-state index in [1.165, 1.54) is 0 Å². The first-order chi connectivity index (χ1) is 9.43. The first kappa shape index (κ1) is 16.4. The molecule has 1 aromatic carbocycles. The minimum atomic E-state index is -0.328. The molecule has 0 radical (unpaired) electrons. The van der Waals surface area contributed by atoms with Crippen molar-refractivity contribution in [3.8, 4) is 5.75 Å². The molecule has 0 aliphatic carbocycles. The summed E-state index contributed by atoms with van der Waals surface area (Å²) in [4.78, 5) is 1.03. The third-order valence-corrected chi connectivity index (χ3v) is 6.17. The molecule has 1 atom stereocenters. The van der Waals surface area contributed by atoms with Gasteiger partial charge in [-0.3, -0.25) is 0 Å². The zero-order chi connectivity index (χ0) is 14.9. The van der Waals surface area contributed by atoms with Crippen molar-refractivity contribution in [1.29, 1.82) is 0 Å². The van der Waals surface area contributed by atoms with Gasteiger partial charge in [0.2, 0.25) is 0 Å². The molecule has 0 aliphatic heterocycles. The van der Waals surface area contributed by atoms with Crippen molar-refractivity contribution in [2.75, 3.05) is 6.61 Å². The van der Waals surface area contributed by atoms with Gasteiger partial charge in [-0.05, 0) is 53.0 Å². The fraction of sp³-hybridized carbons (Fsp3) is 0.286. The van der Waals surface area contributed by atoms with Gasteiger partial charge >= 0.3 is 0 Å². The van der Waals surface area contributed by atoms with E-state index < -0.39 is 0 Å². The monoisotopic (exact) mass is 412 g/mol. The van der Waals surface area contributed by atoms with Crippen LogP contribution in [0.4, 0.5) is 0 Å². The summed E-state index contributed by atoms with van der Waals surface area (Å²) in [5, 5.41) is 0.745. The molecule has 2 rings (SSSR count). The summed E-state index contributed by atoms with van der Waals surface area (Å²) in [6.45, 7) is 4.46. The topological polar surface area (TPSA) is 9.23 Å². The van der Waals surface area contributed by atoms with Crippen molar-refractivity contribution >= 4 is 62.1 Å². The van der Waals surface area contributed by atoms with Crippen molar-refractivity contribution in [2.45, 2.75) is 19.2 Å². The van der Waals surface area contributed by atoms with Crippen LogP contribution in [0, 0.1) is 6.92 Å². The molecule has 0 fully saturated rings. The Morgan fingerprint density at radius 2 is 1.95 bits per heavy atom. The number of hydrogen-bond donors (Lipinski definition) is 0. The minimum Gasteiger partial charge on any atom is -0.492 e. The van der Waals surface area contributed by atoms with Gasteiger partial charge in [0.15, 0.2) is 0 Å². The number of aryl methyl sites for hydroxylation is 1. The summed E-state index contributed by atoms with van der Waals surface area (Å²) in [5.41, 5.74) is 1.94. The molecular formula is C14H12BrCl3OS. The highest BCUT2D eigenvalue weighted by Crippen LogP contribution is 2.42. The summed E-state index contributed by atoms with van der Waals surface area (Å²) in [5.74, 6) is 0.579. The average molecular weight is 415 g/mol. The number of benzene rings is 1. The minimum absolute atomic E-state index is 0.328. The van der Waals surface area contributed by atoms with E-state index in [1.54, 1.807) is 23.5 Å². The van der Waals surface area contributed by atoms with Crippen LogP contribution in [0.3, 0.4) is 0 Å². The van der Waals surface area contributed by atoms with Crippen LogP contribution >= 0.6 is 62.1 Å². The van der Waals surface area contributed by atoms with E-state index in [1.807, 2.05) is 19.9 Å². The van der Waals surface area contributed by atoms with Crippen molar-refractivity contribution in [2.24, 2.45) is 0 Å². The van der Waals surface area contributed by atoms with Crippen LogP contribution in [0.5, 0.6) is 5.75 Å². The van der Waals surface area contributed by atoms with Crippen molar-refractivity contribution in [1.82, 2.24) is 0 Å². The van der Waals surface area contributed by atoms with Gasteiger partial charge < -0.3 is 4.74 Å². The maximum absolute atomic E-state index is 6.53. The fourth-order valence-electron chi connectivity index (χ4n) is 1.77. The predicted molar refractivity (Wildman–Crippen MR) is 92.1 cm³/mol.